The minimum Gasteiger partial charge on any atom is -0.147 e. The maximum absolute atomic E-state index is 2.22. The van der Waals surface area contributed by atoms with Gasteiger partial charge in [-0.1, -0.05) is 11.5 Å². The number of thiophene rings is 1. The Labute approximate surface area is 55.0 Å². The standard InChI is InChI=1S/C6H9BS/c1-4-3-6(7)5(2)8-4/h3H,7H2,1-2H3. The molecule has 0 atom stereocenters. The molecule has 0 spiro atoms. The summed E-state index contributed by atoms with van der Waals surface area (Å²) in [4.78, 5) is 2.86. The van der Waals surface area contributed by atoms with Crippen LogP contribution in [0.3, 0.4) is 0 Å². The Morgan fingerprint density at radius 1 is 1.50 bits per heavy atom. The smallest absolute Gasteiger partial charge is 0.140 e. The molecule has 42 valence electrons. The molecular weight excluding hydrogens is 115 g/mol. The summed E-state index contributed by atoms with van der Waals surface area (Å²) in [5.74, 6) is 0. The predicted octanol–water partition coefficient (Wildman–Crippen LogP) is 0.623. The quantitative estimate of drug-likeness (QED) is 0.445. The molecule has 0 aliphatic carbocycles. The molecule has 0 nitrogen and oxygen atoms in total. The fraction of sp³-hybridized carbons (Fsp3) is 0.333. The topological polar surface area (TPSA) is 0 Å². The lowest BCUT2D eigenvalue weighted by Crippen LogP contribution is -1.98. The third kappa shape index (κ3) is 0.946. The molecule has 0 bridgehead atoms. The van der Waals surface area contributed by atoms with E-state index in [-0.39, 0.29) is 0 Å². The summed E-state index contributed by atoms with van der Waals surface area (Å²) in [6.07, 6.45) is 0. The van der Waals surface area contributed by atoms with Gasteiger partial charge in [0.1, 0.15) is 7.85 Å². The van der Waals surface area contributed by atoms with E-state index in [0.717, 1.165) is 0 Å². The van der Waals surface area contributed by atoms with Gasteiger partial charge >= 0.3 is 0 Å². The Morgan fingerprint density at radius 3 is 2.25 bits per heavy atom. The van der Waals surface area contributed by atoms with Gasteiger partial charge < -0.3 is 0 Å². The van der Waals surface area contributed by atoms with Gasteiger partial charge in [0.2, 0.25) is 0 Å². The van der Waals surface area contributed by atoms with Gasteiger partial charge in [-0.05, 0) is 18.7 Å². The number of rotatable bonds is 0. The summed E-state index contributed by atoms with van der Waals surface area (Å²) < 4.78 is 0. The zero-order chi connectivity index (χ0) is 6.15. The highest BCUT2D eigenvalue weighted by Gasteiger charge is 1.93. The van der Waals surface area contributed by atoms with Crippen LogP contribution in [0.25, 0.3) is 0 Å². The maximum Gasteiger partial charge on any atom is 0.140 e. The van der Waals surface area contributed by atoms with Crippen LogP contribution in [-0.2, 0) is 0 Å². The normalized spacial score (nSPS) is 9.75. The van der Waals surface area contributed by atoms with Crippen LogP contribution in [0.1, 0.15) is 9.75 Å². The molecule has 0 radical (unpaired) electrons. The first-order valence-corrected chi connectivity index (χ1v) is 3.55. The summed E-state index contributed by atoms with van der Waals surface area (Å²) in [5, 5.41) is 0. The first-order valence-electron chi connectivity index (χ1n) is 2.74. The van der Waals surface area contributed by atoms with Crippen LogP contribution < -0.4 is 5.46 Å². The van der Waals surface area contributed by atoms with Crippen LogP contribution in [0, 0.1) is 13.8 Å². The van der Waals surface area contributed by atoms with E-state index in [2.05, 4.69) is 27.8 Å². The van der Waals surface area contributed by atoms with E-state index < -0.39 is 0 Å². The SMILES string of the molecule is Bc1cc(C)sc1C. The molecule has 0 saturated carbocycles. The van der Waals surface area contributed by atoms with Crippen molar-refractivity contribution in [3.8, 4) is 0 Å². The second-order valence-corrected chi connectivity index (χ2v) is 3.56. The fourth-order valence-corrected chi connectivity index (χ4v) is 1.70. The number of aryl methyl sites for hydroxylation is 2. The summed E-state index contributed by atoms with van der Waals surface area (Å²) in [6.45, 7) is 4.30. The summed E-state index contributed by atoms with van der Waals surface area (Å²) in [6, 6.07) is 2.22. The minimum absolute atomic E-state index is 1.42. The van der Waals surface area contributed by atoms with Crippen molar-refractivity contribution in [2.75, 3.05) is 0 Å². The average Bonchev–Trinajstić information content (AvgIpc) is 1.85. The van der Waals surface area contributed by atoms with Gasteiger partial charge in [0.25, 0.3) is 0 Å². The van der Waals surface area contributed by atoms with Crippen molar-refractivity contribution in [1.29, 1.82) is 0 Å². The summed E-state index contributed by atoms with van der Waals surface area (Å²) >= 11 is 1.87. The third-order valence-corrected chi connectivity index (χ3v) is 2.36. The molecule has 1 heterocycles. The molecule has 0 N–H and O–H groups in total. The van der Waals surface area contributed by atoms with Crippen molar-refractivity contribution in [2.24, 2.45) is 0 Å². The van der Waals surface area contributed by atoms with Crippen molar-refractivity contribution < 1.29 is 0 Å². The Bertz CT molecular complexity index is 171. The van der Waals surface area contributed by atoms with Crippen LogP contribution in [0.2, 0.25) is 0 Å². The predicted molar refractivity (Wildman–Crippen MR) is 42.0 cm³/mol. The lowest BCUT2D eigenvalue weighted by molar-refractivity contribution is 1.65. The lowest BCUT2D eigenvalue weighted by atomic mass is 9.97. The number of hydrogen-bond acceptors (Lipinski definition) is 1. The highest BCUT2D eigenvalue weighted by atomic mass is 32.1. The van der Waals surface area contributed by atoms with E-state index in [9.17, 15) is 0 Å². The van der Waals surface area contributed by atoms with Crippen LogP contribution in [0.5, 0.6) is 0 Å². The lowest BCUT2D eigenvalue weighted by Gasteiger charge is -1.79. The van der Waals surface area contributed by atoms with Gasteiger partial charge in [-0.25, -0.2) is 0 Å². The Kier molecular flexibility index (Phi) is 1.43. The summed E-state index contributed by atoms with van der Waals surface area (Å²) in [5.41, 5.74) is 1.42. The molecule has 8 heavy (non-hydrogen) atoms. The van der Waals surface area contributed by atoms with Crippen molar-refractivity contribution in [3.05, 3.63) is 15.8 Å². The molecule has 1 aromatic rings. The van der Waals surface area contributed by atoms with Crippen molar-refractivity contribution in [3.63, 3.8) is 0 Å². The molecule has 0 aliphatic rings. The molecule has 0 amide bonds. The van der Waals surface area contributed by atoms with Gasteiger partial charge in [-0.15, -0.1) is 11.3 Å². The van der Waals surface area contributed by atoms with Crippen LogP contribution in [-0.4, -0.2) is 7.85 Å². The van der Waals surface area contributed by atoms with Crippen molar-refractivity contribution in [1.82, 2.24) is 0 Å². The van der Waals surface area contributed by atoms with Crippen molar-refractivity contribution in [2.45, 2.75) is 13.8 Å². The molecule has 0 unspecified atom stereocenters. The van der Waals surface area contributed by atoms with E-state index >= 15 is 0 Å². The van der Waals surface area contributed by atoms with E-state index in [1.54, 1.807) is 0 Å². The monoisotopic (exact) mass is 124 g/mol. The molecule has 0 aromatic carbocycles. The maximum atomic E-state index is 2.22. The Morgan fingerprint density at radius 2 is 2.12 bits per heavy atom. The second kappa shape index (κ2) is 1.94. The van der Waals surface area contributed by atoms with Crippen LogP contribution in [0.15, 0.2) is 6.07 Å². The molecule has 0 fully saturated rings. The van der Waals surface area contributed by atoms with Crippen LogP contribution >= 0.6 is 11.3 Å². The second-order valence-electron chi connectivity index (χ2n) is 2.10. The van der Waals surface area contributed by atoms with Gasteiger partial charge in [0.05, 0.1) is 0 Å². The van der Waals surface area contributed by atoms with Gasteiger partial charge in [-0.3, -0.25) is 0 Å². The zero-order valence-electron chi connectivity index (χ0n) is 5.49. The molecular formula is C6H9BS. The molecule has 0 aliphatic heterocycles. The minimum atomic E-state index is 1.42. The highest BCUT2D eigenvalue weighted by Crippen LogP contribution is 2.09. The van der Waals surface area contributed by atoms with Crippen LogP contribution in [0.4, 0.5) is 0 Å². The van der Waals surface area contributed by atoms with E-state index in [1.165, 1.54) is 15.2 Å². The fourth-order valence-electron chi connectivity index (χ4n) is 0.758. The van der Waals surface area contributed by atoms with E-state index in [0.29, 0.717) is 0 Å². The Hall–Kier alpha value is -0.235. The Balaban J connectivity index is 3.14. The average molecular weight is 124 g/mol. The van der Waals surface area contributed by atoms with E-state index in [4.69, 9.17) is 0 Å². The zero-order valence-corrected chi connectivity index (χ0v) is 6.30. The molecule has 2 heteroatoms. The van der Waals surface area contributed by atoms with Gasteiger partial charge in [0.15, 0.2) is 0 Å². The van der Waals surface area contributed by atoms with E-state index in [1.807, 2.05) is 11.3 Å². The summed E-state index contributed by atoms with van der Waals surface area (Å²) in [7, 11) is 2.15. The number of hydrogen-bond donors (Lipinski definition) is 0. The highest BCUT2D eigenvalue weighted by molar-refractivity contribution is 7.12. The van der Waals surface area contributed by atoms with Crippen molar-refractivity contribution >= 4 is 24.6 Å². The first kappa shape index (κ1) is 5.89. The largest absolute Gasteiger partial charge is 0.147 e. The molecule has 1 rings (SSSR count). The molecule has 0 saturated heterocycles. The first-order chi connectivity index (χ1) is 3.70. The van der Waals surface area contributed by atoms with Gasteiger partial charge in [-0.2, -0.15) is 0 Å². The van der Waals surface area contributed by atoms with Gasteiger partial charge in [0, 0.05) is 4.88 Å². The molecule has 1 aromatic heterocycles. The third-order valence-electron chi connectivity index (χ3n) is 1.29.